The highest BCUT2D eigenvalue weighted by molar-refractivity contribution is 5.86. The van der Waals surface area contributed by atoms with Crippen LogP contribution in [0.4, 0.5) is 0 Å². The van der Waals surface area contributed by atoms with Gasteiger partial charge in [0.1, 0.15) is 6.04 Å². The number of unbranched alkanes of at least 4 members (excludes halogenated alkanes) is 1. The highest BCUT2D eigenvalue weighted by Gasteiger charge is 2.17. The molecule has 19 heavy (non-hydrogen) atoms. The number of nitrogens with one attached hydrogen (secondary N) is 2. The first-order valence-electron chi connectivity index (χ1n) is 6.54. The molecule has 3 amide bonds. The van der Waals surface area contributed by atoms with Crippen molar-refractivity contribution >= 4 is 17.7 Å². The van der Waals surface area contributed by atoms with Gasteiger partial charge in [0.2, 0.25) is 11.8 Å². The average molecular weight is 273 g/mol. The lowest BCUT2D eigenvalue weighted by molar-refractivity contribution is -0.355. The molecule has 0 radical (unpaired) electrons. The van der Waals surface area contributed by atoms with Gasteiger partial charge < -0.3 is 22.1 Å². The van der Waals surface area contributed by atoms with Crippen LogP contribution in [0.3, 0.4) is 0 Å². The van der Waals surface area contributed by atoms with Gasteiger partial charge in [-0.25, -0.2) is 0 Å². The SMILES string of the molecule is CC(C)C(=O)NCCCCC(NC(=O)C[NH3+])C(N)=O. The van der Waals surface area contributed by atoms with Crippen LogP contribution in [0.1, 0.15) is 33.1 Å². The molecule has 0 aromatic rings. The Balaban J connectivity index is 3.85. The van der Waals surface area contributed by atoms with Crippen molar-refractivity contribution in [1.82, 2.24) is 10.6 Å². The molecule has 110 valence electrons. The minimum Gasteiger partial charge on any atom is -0.368 e. The van der Waals surface area contributed by atoms with Gasteiger partial charge in [0.15, 0.2) is 6.54 Å². The Morgan fingerprint density at radius 3 is 2.32 bits per heavy atom. The summed E-state index contributed by atoms with van der Waals surface area (Å²) < 4.78 is 0. The lowest BCUT2D eigenvalue weighted by atomic mass is 10.1. The van der Waals surface area contributed by atoms with Crippen LogP contribution in [0.25, 0.3) is 0 Å². The first-order valence-corrected chi connectivity index (χ1v) is 6.54. The fourth-order valence-electron chi connectivity index (χ4n) is 1.44. The minimum absolute atomic E-state index is 0.0109. The van der Waals surface area contributed by atoms with E-state index < -0.39 is 11.9 Å². The second-order valence-corrected chi connectivity index (χ2v) is 4.71. The molecule has 0 saturated carbocycles. The van der Waals surface area contributed by atoms with E-state index in [0.29, 0.717) is 19.4 Å². The maximum atomic E-state index is 11.3. The Labute approximate surface area is 113 Å². The topological polar surface area (TPSA) is 129 Å². The number of primary amides is 1. The normalized spacial score (nSPS) is 12.0. The van der Waals surface area contributed by atoms with Gasteiger partial charge in [-0.1, -0.05) is 13.8 Å². The van der Waals surface area contributed by atoms with Crippen molar-refractivity contribution in [3.63, 3.8) is 0 Å². The van der Waals surface area contributed by atoms with Crippen molar-refractivity contribution in [1.29, 1.82) is 0 Å². The Morgan fingerprint density at radius 2 is 1.84 bits per heavy atom. The molecule has 1 unspecified atom stereocenters. The van der Waals surface area contributed by atoms with E-state index in [1.54, 1.807) is 0 Å². The lowest BCUT2D eigenvalue weighted by Crippen LogP contribution is -2.59. The summed E-state index contributed by atoms with van der Waals surface area (Å²) in [6.07, 6.45) is 1.91. The molecule has 0 aliphatic carbocycles. The summed E-state index contributed by atoms with van der Waals surface area (Å²) in [5, 5.41) is 5.31. The van der Waals surface area contributed by atoms with Gasteiger partial charge in [-0.15, -0.1) is 0 Å². The largest absolute Gasteiger partial charge is 0.368 e. The van der Waals surface area contributed by atoms with Gasteiger partial charge in [0.25, 0.3) is 5.91 Å². The van der Waals surface area contributed by atoms with Crippen molar-refractivity contribution in [2.75, 3.05) is 13.1 Å². The summed E-state index contributed by atoms with van der Waals surface area (Å²) in [5.74, 6) is -0.864. The Morgan fingerprint density at radius 1 is 1.21 bits per heavy atom. The van der Waals surface area contributed by atoms with Crippen molar-refractivity contribution in [3.05, 3.63) is 0 Å². The van der Waals surface area contributed by atoms with E-state index in [1.165, 1.54) is 0 Å². The highest BCUT2D eigenvalue weighted by Crippen LogP contribution is 2.01. The zero-order valence-electron chi connectivity index (χ0n) is 11.7. The first-order chi connectivity index (χ1) is 8.88. The highest BCUT2D eigenvalue weighted by atomic mass is 16.2. The van der Waals surface area contributed by atoms with Gasteiger partial charge in [-0.3, -0.25) is 14.4 Å². The summed E-state index contributed by atoms with van der Waals surface area (Å²) >= 11 is 0. The zero-order chi connectivity index (χ0) is 14.8. The Hall–Kier alpha value is -1.63. The molecule has 0 spiro atoms. The molecule has 0 aliphatic heterocycles. The molecule has 0 rings (SSSR count). The second-order valence-electron chi connectivity index (χ2n) is 4.71. The van der Waals surface area contributed by atoms with Gasteiger partial charge in [0, 0.05) is 12.5 Å². The summed E-state index contributed by atoms with van der Waals surface area (Å²) in [6, 6.07) is -0.657. The predicted octanol–water partition coefficient (Wildman–Crippen LogP) is -1.86. The van der Waals surface area contributed by atoms with Crippen molar-refractivity contribution in [2.45, 2.75) is 39.2 Å². The van der Waals surface area contributed by atoms with Crippen LogP contribution in [-0.4, -0.2) is 36.9 Å². The van der Waals surface area contributed by atoms with Gasteiger partial charge in [0.05, 0.1) is 0 Å². The molecule has 7 nitrogen and oxygen atoms in total. The molecule has 7 N–H and O–H groups in total. The van der Waals surface area contributed by atoms with Gasteiger partial charge >= 0.3 is 0 Å². The van der Waals surface area contributed by atoms with Crippen molar-refractivity contribution in [2.24, 2.45) is 11.7 Å². The quantitative estimate of drug-likeness (QED) is 0.368. The van der Waals surface area contributed by atoms with Crippen LogP contribution in [0.15, 0.2) is 0 Å². The number of hydrogen-bond donors (Lipinski definition) is 4. The molecule has 7 heteroatoms. The van der Waals surface area contributed by atoms with Crippen LogP contribution >= 0.6 is 0 Å². The summed E-state index contributed by atoms with van der Waals surface area (Å²) in [4.78, 5) is 33.6. The fraction of sp³-hybridized carbons (Fsp3) is 0.750. The number of rotatable bonds is 9. The van der Waals surface area contributed by atoms with E-state index in [1.807, 2.05) is 13.8 Å². The average Bonchev–Trinajstić information content (AvgIpc) is 2.35. The molecular formula is C12H25N4O3+. The van der Waals surface area contributed by atoms with Crippen LogP contribution in [0.5, 0.6) is 0 Å². The third-order valence-electron chi connectivity index (χ3n) is 2.65. The van der Waals surface area contributed by atoms with E-state index in [-0.39, 0.29) is 24.3 Å². The number of hydrogen-bond acceptors (Lipinski definition) is 3. The maximum Gasteiger partial charge on any atom is 0.275 e. The first kappa shape index (κ1) is 17.4. The lowest BCUT2D eigenvalue weighted by Gasteiger charge is -2.14. The number of quaternary nitrogens is 1. The summed E-state index contributed by atoms with van der Waals surface area (Å²) in [6.45, 7) is 4.29. The monoisotopic (exact) mass is 273 g/mol. The van der Waals surface area contributed by atoms with E-state index in [4.69, 9.17) is 5.73 Å². The smallest absolute Gasteiger partial charge is 0.275 e. The van der Waals surface area contributed by atoms with Crippen molar-refractivity contribution in [3.8, 4) is 0 Å². The Bertz CT molecular complexity index is 318. The number of carbonyl (C=O) groups excluding carboxylic acids is 3. The number of amides is 3. The summed E-state index contributed by atoms with van der Waals surface area (Å²) in [5.41, 5.74) is 8.63. The standard InChI is InChI=1S/C12H24N4O3/c1-8(2)12(19)15-6-4-3-5-9(11(14)18)16-10(17)7-13/h8-9H,3-7,13H2,1-2H3,(H2,14,18)(H,15,19)(H,16,17)/p+1. The molecule has 0 aromatic heterocycles. The van der Waals surface area contributed by atoms with Gasteiger partial charge in [-0.2, -0.15) is 0 Å². The van der Waals surface area contributed by atoms with Crippen LogP contribution in [-0.2, 0) is 14.4 Å². The molecule has 0 bridgehead atoms. The maximum absolute atomic E-state index is 11.3. The number of nitrogens with two attached hydrogens (primary N) is 1. The second kappa shape index (κ2) is 9.32. The molecule has 0 fully saturated rings. The fourth-order valence-corrected chi connectivity index (χ4v) is 1.44. The number of carbonyl (C=O) groups is 3. The third-order valence-corrected chi connectivity index (χ3v) is 2.65. The van der Waals surface area contributed by atoms with E-state index in [9.17, 15) is 14.4 Å². The van der Waals surface area contributed by atoms with E-state index >= 15 is 0 Å². The van der Waals surface area contributed by atoms with Crippen LogP contribution in [0, 0.1) is 5.92 Å². The molecule has 0 aliphatic rings. The molecule has 0 aromatic carbocycles. The molecular weight excluding hydrogens is 248 g/mol. The van der Waals surface area contributed by atoms with E-state index in [0.717, 1.165) is 6.42 Å². The predicted molar refractivity (Wildman–Crippen MR) is 70.6 cm³/mol. The zero-order valence-corrected chi connectivity index (χ0v) is 11.7. The Kier molecular flexibility index (Phi) is 8.52. The summed E-state index contributed by atoms with van der Waals surface area (Å²) in [7, 11) is 0. The van der Waals surface area contributed by atoms with Crippen molar-refractivity contribution < 1.29 is 20.1 Å². The molecule has 0 saturated heterocycles. The van der Waals surface area contributed by atoms with E-state index in [2.05, 4.69) is 16.4 Å². The van der Waals surface area contributed by atoms with Crippen LogP contribution < -0.4 is 22.1 Å². The van der Waals surface area contributed by atoms with Crippen LogP contribution in [0.2, 0.25) is 0 Å². The molecule has 1 atom stereocenters. The minimum atomic E-state index is -0.657. The third kappa shape index (κ3) is 8.15. The molecule has 0 heterocycles. The van der Waals surface area contributed by atoms with Gasteiger partial charge in [-0.05, 0) is 19.3 Å².